The highest BCUT2D eigenvalue weighted by Gasteiger charge is 2.50. The second kappa shape index (κ2) is 8.79. The summed E-state index contributed by atoms with van der Waals surface area (Å²) in [5.41, 5.74) is -1.46. The van der Waals surface area contributed by atoms with Crippen molar-refractivity contribution in [2.75, 3.05) is 18.4 Å². The van der Waals surface area contributed by atoms with Crippen LogP contribution in [0.3, 0.4) is 0 Å². The number of likely N-dealkylation sites (tertiary alicyclic amines) is 1. The molecule has 10 heteroatoms. The number of carbonyl (C=O) groups excluding carboxylic acids is 1. The third kappa shape index (κ3) is 4.23. The predicted molar refractivity (Wildman–Crippen MR) is 131 cm³/mol. The number of amides is 1. The third-order valence-electron chi connectivity index (χ3n) is 7.64. The van der Waals surface area contributed by atoms with Crippen molar-refractivity contribution in [3.8, 4) is 0 Å². The van der Waals surface area contributed by atoms with Crippen LogP contribution >= 0.6 is 0 Å². The molecule has 36 heavy (non-hydrogen) atoms. The maximum Gasteiger partial charge on any atom is 0.257 e. The standard InChI is InChI=1S/C26H31F2N5O3/c1-15-6-7-19(18(27)11-15)31-22-17(12-32-10-9-29-23(32)21(22)28)24(34)33-13-26(36,14-33)16(2)30-20-5-4-8-25(20,3)35/h6-7,9-12,16,20,30-31,35-36H,4-5,8,13-14H2,1-3H3/t16-,20?,25?/m0/s1. The Balaban J connectivity index is 1.38. The van der Waals surface area contributed by atoms with Crippen molar-refractivity contribution < 1.29 is 23.8 Å². The van der Waals surface area contributed by atoms with E-state index in [1.54, 1.807) is 19.9 Å². The van der Waals surface area contributed by atoms with Crippen LogP contribution in [-0.4, -0.2) is 66.8 Å². The van der Waals surface area contributed by atoms with E-state index >= 15 is 4.39 Å². The van der Waals surface area contributed by atoms with Crippen molar-refractivity contribution in [1.29, 1.82) is 0 Å². The van der Waals surface area contributed by atoms with E-state index in [0.717, 1.165) is 12.8 Å². The lowest BCUT2D eigenvalue weighted by molar-refractivity contribution is -0.106. The van der Waals surface area contributed by atoms with Crippen LogP contribution in [0.1, 0.15) is 49.0 Å². The Morgan fingerprint density at radius 3 is 2.69 bits per heavy atom. The summed E-state index contributed by atoms with van der Waals surface area (Å²) in [7, 11) is 0. The van der Waals surface area contributed by atoms with Gasteiger partial charge in [-0.3, -0.25) is 4.79 Å². The minimum atomic E-state index is -1.19. The van der Waals surface area contributed by atoms with Gasteiger partial charge in [-0.05, 0) is 57.7 Å². The quantitative estimate of drug-likeness (QED) is 0.416. The second-order valence-corrected chi connectivity index (χ2v) is 10.5. The molecule has 1 aliphatic carbocycles. The number of rotatable bonds is 6. The van der Waals surface area contributed by atoms with E-state index < -0.39 is 28.7 Å². The number of carbonyl (C=O) groups is 1. The summed E-state index contributed by atoms with van der Waals surface area (Å²) in [5.74, 6) is -1.85. The van der Waals surface area contributed by atoms with Crippen LogP contribution in [0.4, 0.5) is 20.2 Å². The summed E-state index contributed by atoms with van der Waals surface area (Å²) in [6.45, 7) is 5.44. The minimum Gasteiger partial charge on any atom is -0.389 e. The van der Waals surface area contributed by atoms with E-state index in [1.807, 2.05) is 6.92 Å². The Morgan fingerprint density at radius 2 is 2.03 bits per heavy atom. The maximum atomic E-state index is 15.5. The van der Waals surface area contributed by atoms with Crippen molar-refractivity contribution in [2.24, 2.45) is 0 Å². The topological polar surface area (TPSA) is 102 Å². The number of imidazole rings is 1. The fourth-order valence-electron chi connectivity index (χ4n) is 5.23. The predicted octanol–water partition coefficient (Wildman–Crippen LogP) is 3.13. The number of halogens is 2. The summed E-state index contributed by atoms with van der Waals surface area (Å²) in [5, 5.41) is 27.8. The molecule has 0 spiro atoms. The molecule has 1 amide bonds. The van der Waals surface area contributed by atoms with E-state index in [2.05, 4.69) is 15.6 Å². The Labute approximate surface area is 207 Å². The van der Waals surface area contributed by atoms with Gasteiger partial charge in [-0.15, -0.1) is 0 Å². The molecule has 1 saturated carbocycles. The smallest absolute Gasteiger partial charge is 0.257 e. The highest BCUT2D eigenvalue weighted by Crippen LogP contribution is 2.35. The van der Waals surface area contributed by atoms with Crippen LogP contribution in [0.25, 0.3) is 5.65 Å². The Morgan fingerprint density at radius 1 is 1.28 bits per heavy atom. The first-order chi connectivity index (χ1) is 17.0. The van der Waals surface area contributed by atoms with Gasteiger partial charge in [0.05, 0.1) is 35.6 Å². The fraction of sp³-hybridized carbons (Fsp3) is 0.462. The zero-order valence-electron chi connectivity index (χ0n) is 20.6. The van der Waals surface area contributed by atoms with Gasteiger partial charge in [-0.25, -0.2) is 13.8 Å². The van der Waals surface area contributed by atoms with E-state index in [-0.39, 0.29) is 47.8 Å². The average Bonchev–Trinajstić information content (AvgIpc) is 3.40. The molecule has 4 N–H and O–H groups in total. The fourth-order valence-corrected chi connectivity index (χ4v) is 5.23. The van der Waals surface area contributed by atoms with Gasteiger partial charge >= 0.3 is 0 Å². The molecule has 2 aliphatic rings. The number of pyridine rings is 1. The normalized spacial score (nSPS) is 24.1. The lowest BCUT2D eigenvalue weighted by atomic mass is 9.85. The van der Waals surface area contributed by atoms with Crippen molar-refractivity contribution in [1.82, 2.24) is 19.6 Å². The Hall–Kier alpha value is -3.08. The molecule has 0 bridgehead atoms. The number of fused-ring (bicyclic) bond motifs is 1. The van der Waals surface area contributed by atoms with Crippen LogP contribution in [0.5, 0.6) is 0 Å². The summed E-state index contributed by atoms with van der Waals surface area (Å²) in [4.78, 5) is 18.9. The monoisotopic (exact) mass is 499 g/mol. The summed E-state index contributed by atoms with van der Waals surface area (Å²) >= 11 is 0. The largest absolute Gasteiger partial charge is 0.389 e. The molecule has 0 radical (unpaired) electrons. The van der Waals surface area contributed by atoms with Crippen molar-refractivity contribution in [3.63, 3.8) is 0 Å². The van der Waals surface area contributed by atoms with E-state index in [9.17, 15) is 19.4 Å². The number of hydrogen-bond acceptors (Lipinski definition) is 6. The molecule has 2 fully saturated rings. The number of aromatic nitrogens is 2. The molecule has 3 aromatic rings. The lowest BCUT2D eigenvalue weighted by Crippen LogP contribution is -2.72. The van der Waals surface area contributed by atoms with Crippen LogP contribution in [0.15, 0.2) is 36.8 Å². The summed E-state index contributed by atoms with van der Waals surface area (Å²) in [6, 6.07) is 3.98. The molecule has 1 saturated heterocycles. The third-order valence-corrected chi connectivity index (χ3v) is 7.64. The first kappa shape index (κ1) is 24.6. The highest BCUT2D eigenvalue weighted by molar-refractivity contribution is 6.01. The number of β-amino-alcohol motifs (C(OH)–C–C–N with tert-alkyl or cyclic N) is 1. The lowest BCUT2D eigenvalue weighted by Gasteiger charge is -2.51. The number of nitrogens with zero attached hydrogens (tertiary/aromatic N) is 3. The number of aryl methyl sites for hydroxylation is 1. The van der Waals surface area contributed by atoms with Gasteiger partial charge in [0.15, 0.2) is 11.5 Å². The molecule has 3 atom stereocenters. The molecular weight excluding hydrogens is 468 g/mol. The van der Waals surface area contributed by atoms with Gasteiger partial charge in [-0.1, -0.05) is 6.07 Å². The molecule has 5 rings (SSSR count). The van der Waals surface area contributed by atoms with E-state index in [0.29, 0.717) is 12.0 Å². The zero-order chi connectivity index (χ0) is 25.8. The van der Waals surface area contributed by atoms with Gasteiger partial charge in [-0.2, -0.15) is 0 Å². The summed E-state index contributed by atoms with van der Waals surface area (Å²) < 4.78 is 31.4. The van der Waals surface area contributed by atoms with E-state index in [1.165, 1.54) is 40.0 Å². The number of hydrogen-bond donors (Lipinski definition) is 4. The van der Waals surface area contributed by atoms with Crippen LogP contribution in [-0.2, 0) is 0 Å². The molecular formula is C26H31F2N5O3. The number of benzene rings is 1. The molecule has 1 aromatic carbocycles. The van der Waals surface area contributed by atoms with Crippen LogP contribution < -0.4 is 10.6 Å². The first-order valence-electron chi connectivity index (χ1n) is 12.2. The Bertz CT molecular complexity index is 1320. The van der Waals surface area contributed by atoms with Crippen molar-refractivity contribution in [3.05, 3.63) is 59.6 Å². The number of anilines is 2. The van der Waals surface area contributed by atoms with Crippen LogP contribution in [0.2, 0.25) is 0 Å². The van der Waals surface area contributed by atoms with Gasteiger partial charge in [0.25, 0.3) is 5.91 Å². The highest BCUT2D eigenvalue weighted by atomic mass is 19.1. The molecule has 8 nitrogen and oxygen atoms in total. The number of nitrogens with one attached hydrogen (secondary N) is 2. The molecule has 2 unspecified atom stereocenters. The van der Waals surface area contributed by atoms with Gasteiger partial charge in [0, 0.05) is 30.7 Å². The van der Waals surface area contributed by atoms with Gasteiger partial charge in [0.2, 0.25) is 0 Å². The molecule has 2 aromatic heterocycles. The second-order valence-electron chi connectivity index (χ2n) is 10.5. The molecule has 192 valence electrons. The molecule has 3 heterocycles. The average molecular weight is 500 g/mol. The van der Waals surface area contributed by atoms with Crippen molar-refractivity contribution in [2.45, 2.75) is 63.3 Å². The van der Waals surface area contributed by atoms with Crippen LogP contribution in [0, 0.1) is 18.6 Å². The number of aliphatic hydroxyl groups is 2. The minimum absolute atomic E-state index is 0.000589. The zero-order valence-corrected chi connectivity index (χ0v) is 20.6. The van der Waals surface area contributed by atoms with Crippen molar-refractivity contribution >= 4 is 22.9 Å². The maximum absolute atomic E-state index is 15.5. The molecule has 1 aliphatic heterocycles. The summed E-state index contributed by atoms with van der Waals surface area (Å²) in [6.07, 6.45) is 6.80. The SMILES string of the molecule is Cc1ccc(Nc2c(C(=O)N3CC(O)([C@H](C)NC4CCCC4(C)O)C3)cn3ccnc3c2F)c(F)c1. The Kier molecular flexibility index (Phi) is 6.01. The first-order valence-corrected chi connectivity index (χ1v) is 12.2. The van der Waals surface area contributed by atoms with Gasteiger partial charge < -0.3 is 30.1 Å². The van der Waals surface area contributed by atoms with E-state index in [4.69, 9.17) is 0 Å². The van der Waals surface area contributed by atoms with Gasteiger partial charge in [0.1, 0.15) is 11.4 Å².